The third-order valence-electron chi connectivity index (χ3n) is 2.91. The first-order chi connectivity index (χ1) is 10.5. The molecule has 1 amide bonds. The van der Waals surface area contributed by atoms with Crippen LogP contribution in [0.5, 0.6) is 0 Å². The average Bonchev–Trinajstić information content (AvgIpc) is 3.05. The standard InChI is InChI=1S/C15H12ClN3OS2/c1-8-7-21-15(17-8)19-14(20)12-13(22-9(2)18-12)10-5-3-4-6-11(10)16/h3-7H,1-2H3,(H,17,19,20). The van der Waals surface area contributed by atoms with Gasteiger partial charge in [0.2, 0.25) is 0 Å². The molecule has 1 N–H and O–H groups in total. The lowest BCUT2D eigenvalue weighted by atomic mass is 10.1. The largest absolute Gasteiger partial charge is 0.296 e. The lowest BCUT2D eigenvalue weighted by Crippen LogP contribution is -2.13. The summed E-state index contributed by atoms with van der Waals surface area (Å²) in [6.07, 6.45) is 0. The molecule has 7 heteroatoms. The molecule has 22 heavy (non-hydrogen) atoms. The molecule has 0 unspecified atom stereocenters. The van der Waals surface area contributed by atoms with E-state index in [0.717, 1.165) is 21.1 Å². The molecule has 0 saturated carbocycles. The Morgan fingerprint density at radius 2 is 2.00 bits per heavy atom. The number of hydrogen-bond donors (Lipinski definition) is 1. The minimum atomic E-state index is -0.270. The van der Waals surface area contributed by atoms with Crippen LogP contribution in [0, 0.1) is 13.8 Å². The second-order valence-corrected chi connectivity index (χ2v) is 7.11. The number of nitrogens with zero attached hydrogens (tertiary/aromatic N) is 2. The summed E-state index contributed by atoms with van der Waals surface area (Å²) in [5.74, 6) is -0.270. The van der Waals surface area contributed by atoms with Crippen molar-refractivity contribution in [2.24, 2.45) is 0 Å². The topological polar surface area (TPSA) is 54.9 Å². The lowest BCUT2D eigenvalue weighted by molar-refractivity contribution is 0.102. The number of hydrogen-bond acceptors (Lipinski definition) is 5. The summed E-state index contributed by atoms with van der Waals surface area (Å²) in [5, 5.41) is 6.66. The van der Waals surface area contributed by atoms with E-state index in [4.69, 9.17) is 11.6 Å². The Labute approximate surface area is 140 Å². The number of carbonyl (C=O) groups excluding carboxylic acids is 1. The SMILES string of the molecule is Cc1csc(NC(=O)c2nc(C)sc2-c2ccccc2Cl)n1. The third-order valence-corrected chi connectivity index (χ3v) is 5.12. The van der Waals surface area contributed by atoms with Gasteiger partial charge in [-0.05, 0) is 19.9 Å². The first kappa shape index (κ1) is 15.1. The molecule has 1 aromatic carbocycles. The Hall–Kier alpha value is -1.76. The highest BCUT2D eigenvalue weighted by molar-refractivity contribution is 7.15. The number of benzene rings is 1. The fourth-order valence-corrected chi connectivity index (χ4v) is 3.90. The van der Waals surface area contributed by atoms with Crippen LogP contribution in [0.1, 0.15) is 21.2 Å². The number of carbonyl (C=O) groups is 1. The van der Waals surface area contributed by atoms with Crippen LogP contribution >= 0.6 is 34.3 Å². The molecular formula is C15H12ClN3OS2. The summed E-state index contributed by atoms with van der Waals surface area (Å²) in [4.78, 5) is 21.9. The van der Waals surface area contributed by atoms with Gasteiger partial charge >= 0.3 is 0 Å². The maximum Gasteiger partial charge on any atom is 0.277 e. The van der Waals surface area contributed by atoms with Crippen molar-refractivity contribution in [3.05, 3.63) is 51.1 Å². The zero-order valence-corrected chi connectivity index (χ0v) is 14.3. The summed E-state index contributed by atoms with van der Waals surface area (Å²) >= 11 is 9.09. The van der Waals surface area contributed by atoms with E-state index in [1.165, 1.54) is 22.7 Å². The second-order valence-electron chi connectivity index (χ2n) is 4.64. The monoisotopic (exact) mass is 349 g/mol. The smallest absolute Gasteiger partial charge is 0.277 e. The van der Waals surface area contributed by atoms with Gasteiger partial charge in [0.1, 0.15) is 5.69 Å². The quantitative estimate of drug-likeness (QED) is 0.739. The number of anilines is 1. The molecule has 0 fully saturated rings. The highest BCUT2D eigenvalue weighted by Crippen LogP contribution is 2.35. The number of thiazole rings is 2. The molecule has 0 bridgehead atoms. The fourth-order valence-electron chi connectivity index (χ4n) is 1.98. The van der Waals surface area contributed by atoms with Crippen molar-refractivity contribution in [2.45, 2.75) is 13.8 Å². The Morgan fingerprint density at radius 1 is 1.23 bits per heavy atom. The normalized spacial score (nSPS) is 10.7. The van der Waals surface area contributed by atoms with Crippen LogP contribution in [-0.4, -0.2) is 15.9 Å². The molecule has 0 aliphatic heterocycles. The first-order valence-electron chi connectivity index (χ1n) is 6.50. The summed E-state index contributed by atoms with van der Waals surface area (Å²) < 4.78 is 0. The number of rotatable bonds is 3. The van der Waals surface area contributed by atoms with Gasteiger partial charge in [-0.3, -0.25) is 10.1 Å². The lowest BCUT2D eigenvalue weighted by Gasteiger charge is -2.04. The second kappa shape index (κ2) is 6.16. The van der Waals surface area contributed by atoms with Gasteiger partial charge in [0.05, 0.1) is 15.6 Å². The Balaban J connectivity index is 1.97. The van der Waals surface area contributed by atoms with Gasteiger partial charge in [-0.25, -0.2) is 9.97 Å². The van der Waals surface area contributed by atoms with Crippen molar-refractivity contribution < 1.29 is 4.79 Å². The molecule has 4 nitrogen and oxygen atoms in total. The molecule has 0 saturated heterocycles. The van der Waals surface area contributed by atoms with Crippen LogP contribution in [0.2, 0.25) is 5.02 Å². The van der Waals surface area contributed by atoms with Gasteiger partial charge in [0.15, 0.2) is 5.13 Å². The molecule has 0 atom stereocenters. The van der Waals surface area contributed by atoms with Crippen molar-refractivity contribution in [1.29, 1.82) is 0 Å². The van der Waals surface area contributed by atoms with Crippen LogP contribution in [0.3, 0.4) is 0 Å². The van der Waals surface area contributed by atoms with E-state index in [9.17, 15) is 4.79 Å². The number of amides is 1. The van der Waals surface area contributed by atoms with Gasteiger partial charge < -0.3 is 0 Å². The van der Waals surface area contributed by atoms with Crippen molar-refractivity contribution in [3.63, 3.8) is 0 Å². The van der Waals surface area contributed by atoms with Crippen LogP contribution in [0.25, 0.3) is 10.4 Å². The maximum atomic E-state index is 12.5. The number of aryl methyl sites for hydroxylation is 2. The molecule has 2 heterocycles. The van der Waals surface area contributed by atoms with Crippen molar-refractivity contribution in [3.8, 4) is 10.4 Å². The van der Waals surface area contributed by atoms with Crippen molar-refractivity contribution in [1.82, 2.24) is 9.97 Å². The van der Waals surface area contributed by atoms with Gasteiger partial charge in [-0.2, -0.15) is 0 Å². The van der Waals surface area contributed by atoms with E-state index >= 15 is 0 Å². The summed E-state index contributed by atoms with van der Waals surface area (Å²) in [6, 6.07) is 7.44. The molecule has 0 aliphatic rings. The van der Waals surface area contributed by atoms with E-state index in [0.29, 0.717) is 15.8 Å². The van der Waals surface area contributed by atoms with Crippen LogP contribution < -0.4 is 5.32 Å². The molecule has 112 valence electrons. The predicted molar refractivity (Wildman–Crippen MR) is 92.1 cm³/mol. The zero-order chi connectivity index (χ0) is 15.7. The number of aromatic nitrogens is 2. The molecular weight excluding hydrogens is 338 g/mol. The van der Waals surface area contributed by atoms with Crippen LogP contribution in [0.4, 0.5) is 5.13 Å². The maximum absolute atomic E-state index is 12.5. The number of nitrogens with one attached hydrogen (secondary N) is 1. The van der Waals surface area contributed by atoms with E-state index in [2.05, 4.69) is 15.3 Å². The molecule has 3 aromatic rings. The molecule has 2 aromatic heterocycles. The highest BCUT2D eigenvalue weighted by Gasteiger charge is 2.20. The molecule has 3 rings (SSSR count). The predicted octanol–water partition coefficient (Wildman–Crippen LogP) is 4.79. The summed E-state index contributed by atoms with van der Waals surface area (Å²) in [6.45, 7) is 3.75. The molecule has 0 aliphatic carbocycles. The van der Waals surface area contributed by atoms with Crippen LogP contribution in [-0.2, 0) is 0 Å². The Bertz CT molecular complexity index is 841. The fraction of sp³-hybridized carbons (Fsp3) is 0.133. The summed E-state index contributed by atoms with van der Waals surface area (Å²) in [7, 11) is 0. The van der Waals surface area contributed by atoms with Gasteiger partial charge in [-0.15, -0.1) is 22.7 Å². The minimum Gasteiger partial charge on any atom is -0.296 e. The molecule has 0 spiro atoms. The summed E-state index contributed by atoms with van der Waals surface area (Å²) in [5.41, 5.74) is 2.07. The Morgan fingerprint density at radius 3 is 2.68 bits per heavy atom. The zero-order valence-electron chi connectivity index (χ0n) is 11.9. The average molecular weight is 350 g/mol. The van der Waals surface area contributed by atoms with Crippen molar-refractivity contribution >= 4 is 45.3 Å². The van der Waals surface area contributed by atoms with Gasteiger partial charge in [-0.1, -0.05) is 29.8 Å². The minimum absolute atomic E-state index is 0.270. The van der Waals surface area contributed by atoms with Crippen molar-refractivity contribution in [2.75, 3.05) is 5.32 Å². The van der Waals surface area contributed by atoms with E-state index < -0.39 is 0 Å². The third kappa shape index (κ3) is 3.04. The molecule has 0 radical (unpaired) electrons. The number of halogens is 1. The van der Waals surface area contributed by atoms with Gasteiger partial charge in [0.25, 0.3) is 5.91 Å². The Kier molecular flexibility index (Phi) is 4.24. The van der Waals surface area contributed by atoms with Crippen LogP contribution in [0.15, 0.2) is 29.6 Å². The van der Waals surface area contributed by atoms with E-state index in [1.54, 1.807) is 6.07 Å². The highest BCUT2D eigenvalue weighted by atomic mass is 35.5. The van der Waals surface area contributed by atoms with E-state index in [-0.39, 0.29) is 5.91 Å². The van der Waals surface area contributed by atoms with E-state index in [1.807, 2.05) is 37.4 Å². The first-order valence-corrected chi connectivity index (χ1v) is 8.58. The van der Waals surface area contributed by atoms with Gasteiger partial charge in [0, 0.05) is 16.0 Å².